The highest BCUT2D eigenvalue weighted by Crippen LogP contribution is 2.32. The maximum atomic E-state index is 12.9. The highest BCUT2D eigenvalue weighted by Gasteiger charge is 2.28. The highest BCUT2D eigenvalue weighted by molar-refractivity contribution is 6.32. The van der Waals surface area contributed by atoms with Gasteiger partial charge in [-0.3, -0.25) is 4.79 Å². The molecule has 0 aliphatic carbocycles. The van der Waals surface area contributed by atoms with Gasteiger partial charge in [-0.2, -0.15) is 10.1 Å². The van der Waals surface area contributed by atoms with Gasteiger partial charge in [-0.15, -0.1) is 0 Å². The molecule has 0 aromatic heterocycles. The Bertz CT molecular complexity index is 911. The molecule has 0 saturated carbocycles. The van der Waals surface area contributed by atoms with Crippen LogP contribution in [0.5, 0.6) is 5.75 Å². The van der Waals surface area contributed by atoms with Crippen molar-refractivity contribution < 1.29 is 9.53 Å². The van der Waals surface area contributed by atoms with E-state index in [4.69, 9.17) is 4.74 Å². The van der Waals surface area contributed by atoms with E-state index < -0.39 is 0 Å². The van der Waals surface area contributed by atoms with Crippen molar-refractivity contribution in [2.45, 2.75) is 40.5 Å². The minimum Gasteiger partial charge on any atom is -0.494 e. The van der Waals surface area contributed by atoms with Gasteiger partial charge in [-0.05, 0) is 73.7 Å². The first-order valence-electron chi connectivity index (χ1n) is 9.36. The molecular weight excluding hydrogens is 336 g/mol. The average Bonchev–Trinajstić information content (AvgIpc) is 2.92. The Kier molecular flexibility index (Phi) is 5.45. The first-order valence-corrected chi connectivity index (χ1v) is 9.36. The number of carbonyl (C=O) groups is 1. The van der Waals surface area contributed by atoms with Crippen molar-refractivity contribution in [1.82, 2.24) is 0 Å². The SMILES string of the molecule is CCOc1cc(C)c(/C=C2/C(=O)N(c3ccccc3)N=C2C)cc1C(C)C. The summed E-state index contributed by atoms with van der Waals surface area (Å²) in [4.78, 5) is 12.9. The molecule has 0 fully saturated rings. The Morgan fingerprint density at radius 3 is 2.48 bits per heavy atom. The highest BCUT2D eigenvalue weighted by atomic mass is 16.5. The number of ether oxygens (including phenoxy) is 1. The van der Waals surface area contributed by atoms with Crippen LogP contribution in [0.4, 0.5) is 5.69 Å². The quantitative estimate of drug-likeness (QED) is 0.675. The zero-order chi connectivity index (χ0) is 19.6. The van der Waals surface area contributed by atoms with E-state index in [1.54, 1.807) is 0 Å². The molecule has 1 amide bonds. The molecule has 1 aliphatic rings. The third-order valence-corrected chi connectivity index (χ3v) is 4.68. The number of benzene rings is 2. The van der Waals surface area contributed by atoms with Gasteiger partial charge in [-0.25, -0.2) is 0 Å². The zero-order valence-corrected chi connectivity index (χ0v) is 16.6. The molecule has 4 heteroatoms. The van der Waals surface area contributed by atoms with Crippen molar-refractivity contribution in [3.63, 3.8) is 0 Å². The van der Waals surface area contributed by atoms with Gasteiger partial charge in [0.2, 0.25) is 0 Å². The molecule has 0 spiro atoms. The second kappa shape index (κ2) is 7.78. The van der Waals surface area contributed by atoms with Crippen LogP contribution in [0.3, 0.4) is 0 Å². The molecule has 0 saturated heterocycles. The lowest BCUT2D eigenvalue weighted by Gasteiger charge is -2.16. The third-order valence-electron chi connectivity index (χ3n) is 4.68. The van der Waals surface area contributed by atoms with Crippen LogP contribution < -0.4 is 9.75 Å². The first kappa shape index (κ1) is 18.9. The summed E-state index contributed by atoms with van der Waals surface area (Å²) in [5.41, 5.74) is 5.37. The van der Waals surface area contributed by atoms with Crippen LogP contribution in [0.25, 0.3) is 6.08 Å². The molecule has 0 N–H and O–H groups in total. The molecule has 4 nitrogen and oxygen atoms in total. The summed E-state index contributed by atoms with van der Waals surface area (Å²) in [5.74, 6) is 1.15. The standard InChI is InChI=1S/C23H26N2O2/c1-6-27-22-12-16(4)18(13-20(22)15(2)3)14-21-17(5)24-25(23(21)26)19-10-8-7-9-11-19/h7-15H,6H2,1-5H3/b21-14+. The van der Waals surface area contributed by atoms with E-state index in [0.29, 0.717) is 18.1 Å². The van der Waals surface area contributed by atoms with Gasteiger partial charge in [0.25, 0.3) is 5.91 Å². The molecular formula is C23H26N2O2. The smallest absolute Gasteiger partial charge is 0.280 e. The van der Waals surface area contributed by atoms with Gasteiger partial charge in [0.15, 0.2) is 0 Å². The number of anilines is 1. The second-order valence-electron chi connectivity index (χ2n) is 7.03. The largest absolute Gasteiger partial charge is 0.494 e. The van der Waals surface area contributed by atoms with E-state index in [0.717, 1.165) is 33.8 Å². The summed E-state index contributed by atoms with van der Waals surface area (Å²) in [6, 6.07) is 13.7. The van der Waals surface area contributed by atoms with E-state index in [-0.39, 0.29) is 5.91 Å². The lowest BCUT2D eigenvalue weighted by atomic mass is 9.95. The summed E-state index contributed by atoms with van der Waals surface area (Å²) >= 11 is 0. The minimum absolute atomic E-state index is 0.0990. The Morgan fingerprint density at radius 2 is 1.85 bits per heavy atom. The molecule has 140 valence electrons. The molecule has 1 heterocycles. The predicted octanol–water partition coefficient (Wildman–Crippen LogP) is 5.32. The number of carbonyl (C=O) groups excluding carboxylic acids is 1. The fourth-order valence-electron chi connectivity index (χ4n) is 3.19. The van der Waals surface area contributed by atoms with Crippen LogP contribution >= 0.6 is 0 Å². The summed E-state index contributed by atoms with van der Waals surface area (Å²) in [7, 11) is 0. The number of rotatable bonds is 5. The van der Waals surface area contributed by atoms with Crippen LogP contribution in [0.1, 0.15) is 50.3 Å². The number of nitrogens with zero attached hydrogens (tertiary/aromatic N) is 2. The summed E-state index contributed by atoms with van der Waals surface area (Å²) in [5, 5.41) is 5.93. The van der Waals surface area contributed by atoms with E-state index in [9.17, 15) is 4.79 Å². The monoisotopic (exact) mass is 362 g/mol. The van der Waals surface area contributed by atoms with Crippen LogP contribution in [0.2, 0.25) is 0 Å². The molecule has 0 unspecified atom stereocenters. The minimum atomic E-state index is -0.0990. The van der Waals surface area contributed by atoms with Crippen molar-refractivity contribution in [2.24, 2.45) is 5.10 Å². The van der Waals surface area contributed by atoms with Crippen molar-refractivity contribution in [3.05, 3.63) is 64.7 Å². The fourth-order valence-corrected chi connectivity index (χ4v) is 3.19. The lowest BCUT2D eigenvalue weighted by molar-refractivity contribution is -0.114. The topological polar surface area (TPSA) is 41.9 Å². The van der Waals surface area contributed by atoms with Gasteiger partial charge in [0.05, 0.1) is 23.6 Å². The van der Waals surface area contributed by atoms with Gasteiger partial charge >= 0.3 is 0 Å². The first-order chi connectivity index (χ1) is 12.9. The molecule has 0 radical (unpaired) electrons. The summed E-state index contributed by atoms with van der Waals surface area (Å²) in [6.07, 6.45) is 1.95. The third kappa shape index (κ3) is 3.80. The van der Waals surface area contributed by atoms with Crippen LogP contribution in [0, 0.1) is 6.92 Å². The molecule has 2 aromatic carbocycles. The molecule has 0 bridgehead atoms. The van der Waals surface area contributed by atoms with Gasteiger partial charge in [0.1, 0.15) is 5.75 Å². The zero-order valence-electron chi connectivity index (χ0n) is 16.6. The van der Waals surface area contributed by atoms with Gasteiger partial charge < -0.3 is 4.74 Å². The predicted molar refractivity (Wildman–Crippen MR) is 111 cm³/mol. The Morgan fingerprint density at radius 1 is 1.15 bits per heavy atom. The van der Waals surface area contributed by atoms with Crippen molar-refractivity contribution >= 4 is 23.4 Å². The second-order valence-corrected chi connectivity index (χ2v) is 7.03. The van der Waals surface area contributed by atoms with E-state index in [1.165, 1.54) is 5.01 Å². The molecule has 27 heavy (non-hydrogen) atoms. The van der Waals surface area contributed by atoms with E-state index in [1.807, 2.05) is 57.2 Å². The molecule has 1 aliphatic heterocycles. The molecule has 2 aromatic rings. The average molecular weight is 362 g/mol. The fraction of sp³-hybridized carbons (Fsp3) is 0.304. The lowest BCUT2D eigenvalue weighted by Crippen LogP contribution is -2.21. The van der Waals surface area contributed by atoms with Crippen LogP contribution in [-0.2, 0) is 4.79 Å². The number of hydrogen-bond donors (Lipinski definition) is 0. The Balaban J connectivity index is 2.01. The molecule has 3 rings (SSSR count). The van der Waals surface area contributed by atoms with Crippen molar-refractivity contribution in [2.75, 3.05) is 11.6 Å². The Labute approximate surface area is 161 Å². The van der Waals surface area contributed by atoms with Gasteiger partial charge in [-0.1, -0.05) is 32.0 Å². The number of hydrogen-bond acceptors (Lipinski definition) is 3. The molecule has 0 atom stereocenters. The van der Waals surface area contributed by atoms with Crippen molar-refractivity contribution in [1.29, 1.82) is 0 Å². The normalized spacial score (nSPS) is 15.6. The Hall–Kier alpha value is -2.88. The number of para-hydroxylation sites is 1. The van der Waals surface area contributed by atoms with Gasteiger partial charge in [0, 0.05) is 0 Å². The number of amides is 1. The maximum absolute atomic E-state index is 12.9. The summed E-state index contributed by atoms with van der Waals surface area (Å²) < 4.78 is 5.80. The number of aryl methyl sites for hydroxylation is 1. The van der Waals surface area contributed by atoms with Crippen LogP contribution in [0.15, 0.2) is 53.1 Å². The van der Waals surface area contributed by atoms with Crippen LogP contribution in [-0.4, -0.2) is 18.2 Å². The van der Waals surface area contributed by atoms with E-state index in [2.05, 4.69) is 31.1 Å². The number of hydrazone groups is 1. The maximum Gasteiger partial charge on any atom is 0.280 e. The van der Waals surface area contributed by atoms with E-state index >= 15 is 0 Å². The van der Waals surface area contributed by atoms with Crippen molar-refractivity contribution in [3.8, 4) is 5.75 Å². The summed E-state index contributed by atoms with van der Waals surface area (Å²) in [6.45, 7) is 10.8.